The average molecular weight is 134 g/mol. The average Bonchev–Trinajstić information content (AvgIpc) is 1.79. The van der Waals surface area contributed by atoms with Gasteiger partial charge in [0.2, 0.25) is 0 Å². The Morgan fingerprint density at radius 1 is 0.700 bits per heavy atom. The molecule has 0 spiro atoms. The number of hydrogen-bond donors (Lipinski definition) is 0. The Balaban J connectivity index is 3.78. The molecule has 0 atom stereocenters. The molecule has 0 heteroatoms. The minimum Gasteiger partial charge on any atom is -0.0863 e. The van der Waals surface area contributed by atoms with Crippen molar-refractivity contribution in [1.82, 2.24) is 0 Å². The summed E-state index contributed by atoms with van der Waals surface area (Å²) in [6, 6.07) is 0. The molecule has 0 aliphatic heterocycles. The maximum absolute atomic E-state index is 2.98. The lowest BCUT2D eigenvalue weighted by atomic mass is 10.2. The summed E-state index contributed by atoms with van der Waals surface area (Å²) in [6.07, 6.45) is 0. The number of hydrogen-bond acceptors (Lipinski definition) is 0. The second kappa shape index (κ2) is 4.95. The summed E-state index contributed by atoms with van der Waals surface area (Å²) in [5.41, 5.74) is 0. The molecule has 0 heterocycles. The molecule has 0 rings (SSSR count). The van der Waals surface area contributed by atoms with E-state index in [1.807, 2.05) is 0 Å². The van der Waals surface area contributed by atoms with Crippen LogP contribution in [-0.2, 0) is 0 Å². The zero-order chi connectivity index (χ0) is 7.98. The van der Waals surface area contributed by atoms with Gasteiger partial charge in [-0.25, -0.2) is 0 Å². The summed E-state index contributed by atoms with van der Waals surface area (Å²) >= 11 is 0. The first-order valence-corrected chi connectivity index (χ1v) is 3.64. The molecule has 0 aromatic rings. The monoisotopic (exact) mass is 134 g/mol. The predicted molar refractivity (Wildman–Crippen MR) is 45.2 cm³/mol. The van der Waals surface area contributed by atoms with E-state index in [0.29, 0.717) is 11.8 Å². The normalized spacial score (nSPS) is 8.20. The molecular formula is C10H14. The molecule has 0 aromatic heterocycles. The standard InChI is InChI=1S/C10H14/c1-9(2)7-5-6-8-10(3)4/h9-10H,1-4H3. The number of rotatable bonds is 0. The van der Waals surface area contributed by atoms with Gasteiger partial charge in [-0.15, -0.1) is 0 Å². The molecule has 10 heavy (non-hydrogen) atoms. The van der Waals surface area contributed by atoms with Gasteiger partial charge in [0, 0.05) is 11.8 Å². The Morgan fingerprint density at radius 3 is 1.20 bits per heavy atom. The predicted octanol–water partition coefficient (Wildman–Crippen LogP) is 2.31. The van der Waals surface area contributed by atoms with Crippen molar-refractivity contribution in [3.8, 4) is 23.7 Å². The maximum Gasteiger partial charge on any atom is 0.0156 e. The lowest BCUT2D eigenvalue weighted by molar-refractivity contribution is 0.864. The first-order valence-electron chi connectivity index (χ1n) is 3.64. The molecule has 0 amide bonds. The molecule has 0 unspecified atom stereocenters. The Kier molecular flexibility index (Phi) is 4.51. The van der Waals surface area contributed by atoms with Crippen LogP contribution in [0.2, 0.25) is 0 Å². The molecule has 0 saturated carbocycles. The van der Waals surface area contributed by atoms with E-state index in [1.54, 1.807) is 0 Å². The van der Waals surface area contributed by atoms with Crippen molar-refractivity contribution in [1.29, 1.82) is 0 Å². The lowest BCUT2D eigenvalue weighted by Gasteiger charge is -1.84. The lowest BCUT2D eigenvalue weighted by Crippen LogP contribution is -1.78. The van der Waals surface area contributed by atoms with E-state index in [0.717, 1.165) is 0 Å². The van der Waals surface area contributed by atoms with Crippen LogP contribution in [-0.4, -0.2) is 0 Å². The van der Waals surface area contributed by atoms with Crippen LogP contribution in [0.3, 0.4) is 0 Å². The summed E-state index contributed by atoms with van der Waals surface area (Å²) in [5, 5.41) is 0. The highest BCUT2D eigenvalue weighted by molar-refractivity contribution is 5.26. The Labute approximate surface area is 64.0 Å². The van der Waals surface area contributed by atoms with Gasteiger partial charge in [0.25, 0.3) is 0 Å². The van der Waals surface area contributed by atoms with Gasteiger partial charge in [-0.05, 0) is 11.8 Å². The first-order chi connectivity index (χ1) is 4.63. The molecule has 0 N–H and O–H groups in total. The van der Waals surface area contributed by atoms with Crippen LogP contribution in [0.5, 0.6) is 0 Å². The highest BCUT2D eigenvalue weighted by atomic mass is 13.8. The van der Waals surface area contributed by atoms with Crippen molar-refractivity contribution >= 4 is 0 Å². The van der Waals surface area contributed by atoms with Crippen molar-refractivity contribution in [2.45, 2.75) is 27.7 Å². The van der Waals surface area contributed by atoms with Crippen LogP contribution in [0.1, 0.15) is 27.7 Å². The van der Waals surface area contributed by atoms with Gasteiger partial charge < -0.3 is 0 Å². The van der Waals surface area contributed by atoms with E-state index >= 15 is 0 Å². The molecule has 0 nitrogen and oxygen atoms in total. The van der Waals surface area contributed by atoms with E-state index in [1.165, 1.54) is 0 Å². The first kappa shape index (κ1) is 9.12. The zero-order valence-corrected chi connectivity index (χ0v) is 7.15. The minimum atomic E-state index is 0.432. The van der Waals surface area contributed by atoms with Crippen molar-refractivity contribution in [3.63, 3.8) is 0 Å². The molecule has 0 saturated heterocycles. The third-order valence-corrected chi connectivity index (χ3v) is 0.784. The van der Waals surface area contributed by atoms with E-state index in [4.69, 9.17) is 0 Å². The van der Waals surface area contributed by atoms with Crippen LogP contribution in [0.25, 0.3) is 0 Å². The van der Waals surface area contributed by atoms with Crippen molar-refractivity contribution in [3.05, 3.63) is 0 Å². The molecular weight excluding hydrogens is 120 g/mol. The second-order valence-corrected chi connectivity index (χ2v) is 2.85. The topological polar surface area (TPSA) is 0 Å². The third-order valence-electron chi connectivity index (χ3n) is 0.784. The molecule has 0 aliphatic carbocycles. The van der Waals surface area contributed by atoms with Gasteiger partial charge in [0.1, 0.15) is 0 Å². The molecule has 0 radical (unpaired) electrons. The van der Waals surface area contributed by atoms with Crippen molar-refractivity contribution < 1.29 is 0 Å². The van der Waals surface area contributed by atoms with Gasteiger partial charge >= 0.3 is 0 Å². The summed E-state index contributed by atoms with van der Waals surface area (Å²) in [4.78, 5) is 0. The summed E-state index contributed by atoms with van der Waals surface area (Å²) in [7, 11) is 0. The van der Waals surface area contributed by atoms with Gasteiger partial charge in [-0.3, -0.25) is 0 Å². The smallest absolute Gasteiger partial charge is 0.0156 e. The van der Waals surface area contributed by atoms with Crippen LogP contribution in [0.4, 0.5) is 0 Å². The highest BCUT2D eigenvalue weighted by Gasteiger charge is 1.79. The molecule has 0 aromatic carbocycles. The van der Waals surface area contributed by atoms with Crippen LogP contribution in [0, 0.1) is 35.5 Å². The maximum atomic E-state index is 2.98. The van der Waals surface area contributed by atoms with Crippen molar-refractivity contribution in [2.75, 3.05) is 0 Å². The van der Waals surface area contributed by atoms with Crippen molar-refractivity contribution in [2.24, 2.45) is 11.8 Å². The fourth-order valence-corrected chi connectivity index (χ4v) is 0.361. The molecule has 54 valence electrons. The summed E-state index contributed by atoms with van der Waals surface area (Å²) in [6.45, 7) is 8.24. The van der Waals surface area contributed by atoms with Gasteiger partial charge in [-0.2, -0.15) is 0 Å². The van der Waals surface area contributed by atoms with E-state index in [2.05, 4.69) is 51.4 Å². The largest absolute Gasteiger partial charge is 0.0863 e. The summed E-state index contributed by atoms with van der Waals surface area (Å²) < 4.78 is 0. The second-order valence-electron chi connectivity index (χ2n) is 2.85. The van der Waals surface area contributed by atoms with Crippen LogP contribution >= 0.6 is 0 Å². The van der Waals surface area contributed by atoms with E-state index in [9.17, 15) is 0 Å². The SMILES string of the molecule is CC(C)C#CC#CC(C)C. The molecule has 0 fully saturated rings. The Hall–Kier alpha value is -0.880. The summed E-state index contributed by atoms with van der Waals surface area (Å²) in [5.74, 6) is 12.4. The zero-order valence-electron chi connectivity index (χ0n) is 7.15. The fourth-order valence-electron chi connectivity index (χ4n) is 0.361. The molecule has 0 aliphatic rings. The van der Waals surface area contributed by atoms with Crippen LogP contribution in [0.15, 0.2) is 0 Å². The Bertz CT molecular complexity index is 164. The van der Waals surface area contributed by atoms with E-state index in [-0.39, 0.29) is 0 Å². The van der Waals surface area contributed by atoms with Gasteiger partial charge in [0.15, 0.2) is 0 Å². The molecule has 0 bridgehead atoms. The van der Waals surface area contributed by atoms with Gasteiger partial charge in [-0.1, -0.05) is 39.5 Å². The quantitative estimate of drug-likeness (QED) is 0.446. The minimum absolute atomic E-state index is 0.432. The Morgan fingerprint density at radius 2 is 1.00 bits per heavy atom. The van der Waals surface area contributed by atoms with E-state index < -0.39 is 0 Å². The fraction of sp³-hybridized carbons (Fsp3) is 0.600. The third kappa shape index (κ3) is 7.12. The van der Waals surface area contributed by atoms with Gasteiger partial charge in [0.05, 0.1) is 0 Å². The van der Waals surface area contributed by atoms with Crippen LogP contribution < -0.4 is 0 Å². The highest BCUT2D eigenvalue weighted by Crippen LogP contribution is 1.86.